The van der Waals surface area contributed by atoms with E-state index in [0.717, 1.165) is 23.4 Å². The smallest absolute Gasteiger partial charge is 0.270 e. The first kappa shape index (κ1) is 15.3. The summed E-state index contributed by atoms with van der Waals surface area (Å²) in [4.78, 5) is 37.4. The molecule has 3 aliphatic rings. The van der Waals surface area contributed by atoms with Crippen molar-refractivity contribution in [2.75, 3.05) is 0 Å². The number of nitrogens with zero attached hydrogens (tertiary/aromatic N) is 1. The van der Waals surface area contributed by atoms with E-state index < -0.39 is 17.7 Å². The van der Waals surface area contributed by atoms with Crippen molar-refractivity contribution < 1.29 is 19.1 Å². The van der Waals surface area contributed by atoms with E-state index in [1.54, 1.807) is 12.1 Å². The lowest BCUT2D eigenvalue weighted by Crippen LogP contribution is -2.47. The number of nitrogens with one attached hydrogen (secondary N) is 1. The number of benzene rings is 1. The predicted octanol–water partition coefficient (Wildman–Crippen LogP) is 1.62. The molecule has 0 saturated carbocycles. The summed E-state index contributed by atoms with van der Waals surface area (Å²) in [7, 11) is 0. The molecule has 3 heterocycles. The summed E-state index contributed by atoms with van der Waals surface area (Å²) < 4.78 is 5.67. The van der Waals surface area contributed by atoms with E-state index in [9.17, 15) is 14.4 Å². The molecule has 3 saturated heterocycles. The molecule has 1 aromatic carbocycles. The van der Waals surface area contributed by atoms with Crippen LogP contribution in [0.15, 0.2) is 24.3 Å². The van der Waals surface area contributed by atoms with Gasteiger partial charge in [0.25, 0.3) is 17.7 Å². The lowest BCUT2D eigenvalue weighted by Gasteiger charge is -2.18. The number of carbonyl (C=O) groups is 3. The highest BCUT2D eigenvalue weighted by Gasteiger charge is 2.62. The van der Waals surface area contributed by atoms with Crippen LogP contribution >= 0.6 is 0 Å². The molecule has 3 aliphatic heterocycles. The van der Waals surface area contributed by atoms with Crippen molar-refractivity contribution in [3.05, 3.63) is 35.4 Å². The summed E-state index contributed by atoms with van der Waals surface area (Å²) in [6.45, 7) is 4.15. The predicted molar refractivity (Wildman–Crippen MR) is 84.7 cm³/mol. The molecule has 6 nitrogen and oxygen atoms in total. The summed E-state index contributed by atoms with van der Waals surface area (Å²) >= 11 is 0. The van der Waals surface area contributed by atoms with Crippen molar-refractivity contribution in [2.45, 2.75) is 44.8 Å². The average Bonchev–Trinajstić information content (AvgIpc) is 3.24. The third-order valence-corrected chi connectivity index (χ3v) is 5.34. The van der Waals surface area contributed by atoms with Crippen molar-refractivity contribution in [1.29, 1.82) is 0 Å². The van der Waals surface area contributed by atoms with E-state index in [1.165, 1.54) is 0 Å². The Bertz CT molecular complexity index is 684. The second kappa shape index (κ2) is 5.41. The van der Waals surface area contributed by atoms with Gasteiger partial charge in [0.05, 0.1) is 24.0 Å². The number of rotatable bonds is 3. The van der Waals surface area contributed by atoms with Gasteiger partial charge in [-0.05, 0) is 36.5 Å². The molecule has 24 heavy (non-hydrogen) atoms. The van der Waals surface area contributed by atoms with Crippen LogP contribution in [0.2, 0.25) is 0 Å². The molecule has 0 aliphatic carbocycles. The van der Waals surface area contributed by atoms with Crippen LogP contribution in [-0.4, -0.2) is 34.9 Å². The zero-order valence-electron chi connectivity index (χ0n) is 13.7. The molecule has 3 fully saturated rings. The van der Waals surface area contributed by atoms with Gasteiger partial charge in [-0.1, -0.05) is 26.0 Å². The maximum absolute atomic E-state index is 12.5. The van der Waals surface area contributed by atoms with E-state index in [-0.39, 0.29) is 24.0 Å². The first-order chi connectivity index (χ1) is 11.5. The lowest BCUT2D eigenvalue weighted by molar-refractivity contribution is -0.145. The van der Waals surface area contributed by atoms with Crippen molar-refractivity contribution in [2.24, 2.45) is 11.8 Å². The number of hydrogen-bond donors (Lipinski definition) is 1. The maximum Gasteiger partial charge on any atom is 0.270 e. The number of carbonyl (C=O) groups excluding carboxylic acids is 3. The highest BCUT2D eigenvalue weighted by atomic mass is 16.5. The van der Waals surface area contributed by atoms with E-state index >= 15 is 0 Å². The highest BCUT2D eigenvalue weighted by Crippen LogP contribution is 2.48. The topological polar surface area (TPSA) is 75.7 Å². The van der Waals surface area contributed by atoms with Gasteiger partial charge in [0, 0.05) is 5.56 Å². The zero-order chi connectivity index (χ0) is 17.0. The quantitative estimate of drug-likeness (QED) is 0.856. The first-order valence-electron chi connectivity index (χ1n) is 8.41. The molecular weight excluding hydrogens is 308 g/mol. The molecule has 0 unspecified atom stereocenters. The van der Waals surface area contributed by atoms with E-state index in [2.05, 4.69) is 19.3 Å². The summed E-state index contributed by atoms with van der Waals surface area (Å²) in [5.74, 6) is -1.62. The fourth-order valence-electron chi connectivity index (χ4n) is 4.01. The highest BCUT2D eigenvalue weighted by molar-refractivity contribution is 6.08. The van der Waals surface area contributed by atoms with E-state index in [1.807, 2.05) is 12.1 Å². The Labute approximate surface area is 140 Å². The molecule has 3 amide bonds. The number of ether oxygens (including phenoxy) is 1. The van der Waals surface area contributed by atoms with Gasteiger partial charge in [-0.2, -0.15) is 5.01 Å². The van der Waals surface area contributed by atoms with Crippen LogP contribution in [0.5, 0.6) is 0 Å². The molecule has 4 atom stereocenters. The van der Waals surface area contributed by atoms with Gasteiger partial charge in [0.1, 0.15) is 0 Å². The summed E-state index contributed by atoms with van der Waals surface area (Å²) in [5.41, 5.74) is 4.04. The monoisotopic (exact) mass is 328 g/mol. The second-order valence-electron chi connectivity index (χ2n) is 7.07. The molecule has 1 N–H and O–H groups in total. The molecular formula is C18H20N2O4. The number of imide groups is 1. The fourth-order valence-corrected chi connectivity index (χ4v) is 4.01. The van der Waals surface area contributed by atoms with Gasteiger partial charge in [0.15, 0.2) is 0 Å². The average molecular weight is 328 g/mol. The van der Waals surface area contributed by atoms with E-state index in [4.69, 9.17) is 4.74 Å². The number of hydrazine groups is 1. The summed E-state index contributed by atoms with van der Waals surface area (Å²) in [6, 6.07) is 7.19. The van der Waals surface area contributed by atoms with Crippen molar-refractivity contribution in [1.82, 2.24) is 10.4 Å². The van der Waals surface area contributed by atoms with Gasteiger partial charge in [-0.3, -0.25) is 19.8 Å². The summed E-state index contributed by atoms with van der Waals surface area (Å²) in [5, 5.41) is 0.905. The number of amides is 3. The zero-order valence-corrected chi connectivity index (χ0v) is 13.7. The number of hydrogen-bond acceptors (Lipinski definition) is 4. The Morgan fingerprint density at radius 2 is 1.62 bits per heavy atom. The molecule has 0 spiro atoms. The van der Waals surface area contributed by atoms with Crippen LogP contribution < -0.4 is 5.43 Å². The molecule has 0 aromatic heterocycles. The Balaban J connectivity index is 1.50. The minimum absolute atomic E-state index is 0.177. The Morgan fingerprint density at radius 1 is 1.08 bits per heavy atom. The van der Waals surface area contributed by atoms with Crippen LogP contribution in [0.3, 0.4) is 0 Å². The third kappa shape index (κ3) is 2.17. The minimum atomic E-state index is -0.444. The van der Waals surface area contributed by atoms with Crippen molar-refractivity contribution >= 4 is 17.7 Å². The Morgan fingerprint density at radius 3 is 2.12 bits per heavy atom. The number of fused-ring (bicyclic) bond motifs is 5. The van der Waals surface area contributed by atoms with Crippen LogP contribution in [0.25, 0.3) is 0 Å². The van der Waals surface area contributed by atoms with Gasteiger partial charge in [-0.25, -0.2) is 0 Å². The minimum Gasteiger partial charge on any atom is -0.373 e. The van der Waals surface area contributed by atoms with Gasteiger partial charge < -0.3 is 4.74 Å². The van der Waals surface area contributed by atoms with Crippen LogP contribution in [0.4, 0.5) is 0 Å². The van der Waals surface area contributed by atoms with Crippen molar-refractivity contribution in [3.63, 3.8) is 0 Å². The standard InChI is InChI=1S/C18H20N2O4/c1-9(2)10-3-5-11(6-4-10)16(21)19-20-17(22)14-12-7-8-13(24-12)15(14)18(20)23/h3-6,9,12-15H,7-8H2,1-2H3,(H,19,21)/t12-,13-,14+,15+/m1/s1. The van der Waals surface area contributed by atoms with Gasteiger partial charge in [-0.15, -0.1) is 0 Å². The van der Waals surface area contributed by atoms with Crippen LogP contribution in [0.1, 0.15) is 48.5 Å². The Hall–Kier alpha value is -2.21. The maximum atomic E-state index is 12.5. The first-order valence-corrected chi connectivity index (χ1v) is 8.41. The van der Waals surface area contributed by atoms with Crippen LogP contribution in [-0.2, 0) is 14.3 Å². The van der Waals surface area contributed by atoms with Gasteiger partial charge in [0.2, 0.25) is 0 Å². The summed E-state index contributed by atoms with van der Waals surface area (Å²) in [6.07, 6.45) is 1.26. The fraction of sp³-hybridized carbons (Fsp3) is 0.500. The molecule has 1 aromatic rings. The molecule has 0 radical (unpaired) electrons. The molecule has 4 rings (SSSR count). The Kier molecular flexibility index (Phi) is 3.46. The van der Waals surface area contributed by atoms with Gasteiger partial charge >= 0.3 is 0 Å². The van der Waals surface area contributed by atoms with E-state index in [0.29, 0.717) is 11.5 Å². The van der Waals surface area contributed by atoms with Crippen LogP contribution in [0, 0.1) is 11.8 Å². The SMILES string of the molecule is CC(C)c1ccc(C(=O)NN2C(=O)[C@@H]3[C@@H](C2=O)[C@H]2CC[C@H]3O2)cc1. The lowest BCUT2D eigenvalue weighted by atomic mass is 9.81. The molecule has 126 valence electrons. The third-order valence-electron chi connectivity index (χ3n) is 5.34. The normalized spacial score (nSPS) is 31.0. The second-order valence-corrected chi connectivity index (χ2v) is 7.07. The van der Waals surface area contributed by atoms with Crippen molar-refractivity contribution in [3.8, 4) is 0 Å². The largest absolute Gasteiger partial charge is 0.373 e. The molecule has 6 heteroatoms. The molecule has 2 bridgehead atoms.